The first-order valence-electron chi connectivity index (χ1n) is 6.53. The van der Waals surface area contributed by atoms with E-state index in [4.69, 9.17) is 0 Å². The summed E-state index contributed by atoms with van der Waals surface area (Å²) in [5.74, 6) is 0. The van der Waals surface area contributed by atoms with Crippen LogP contribution in [-0.4, -0.2) is 12.1 Å². The minimum absolute atomic E-state index is 0.365. The predicted molar refractivity (Wildman–Crippen MR) is 75.8 cm³/mol. The Kier molecular flexibility index (Phi) is 2.93. The number of nitrogens with one attached hydrogen (secondary N) is 1. The number of rotatable bonds is 3. The zero-order valence-corrected chi connectivity index (χ0v) is 11.1. The molecule has 1 nitrogen and oxygen atoms in total. The van der Waals surface area contributed by atoms with E-state index in [0.717, 1.165) is 0 Å². The number of hydrogen-bond acceptors (Lipinski definition) is 2. The Balaban J connectivity index is 1.94. The lowest BCUT2D eigenvalue weighted by molar-refractivity contribution is 0.361. The Labute approximate surface area is 107 Å². The van der Waals surface area contributed by atoms with Crippen LogP contribution in [0.25, 0.3) is 10.1 Å². The Hall–Kier alpha value is -0.860. The van der Waals surface area contributed by atoms with Crippen LogP contribution in [0.5, 0.6) is 0 Å². The largest absolute Gasteiger partial charge is 0.311 e. The van der Waals surface area contributed by atoms with Crippen LogP contribution in [-0.2, 0) is 6.42 Å². The molecule has 0 saturated carbocycles. The topological polar surface area (TPSA) is 12.0 Å². The summed E-state index contributed by atoms with van der Waals surface area (Å²) in [6.07, 6.45) is 5.08. The van der Waals surface area contributed by atoms with Crippen LogP contribution in [0, 0.1) is 0 Å². The van der Waals surface area contributed by atoms with E-state index in [1.807, 2.05) is 11.3 Å². The van der Waals surface area contributed by atoms with Gasteiger partial charge >= 0.3 is 0 Å². The zero-order chi connectivity index (χ0) is 11.7. The second-order valence-electron chi connectivity index (χ2n) is 5.10. The molecule has 1 fully saturated rings. The third-order valence-corrected chi connectivity index (χ3v) is 5.11. The summed E-state index contributed by atoms with van der Waals surface area (Å²) in [4.78, 5) is 0. The summed E-state index contributed by atoms with van der Waals surface area (Å²) in [5, 5.41) is 7.53. The molecule has 0 amide bonds. The summed E-state index contributed by atoms with van der Waals surface area (Å²) in [6.45, 7) is 3.50. The predicted octanol–water partition coefficient (Wildman–Crippen LogP) is 3.98. The highest BCUT2D eigenvalue weighted by Gasteiger charge is 2.32. The van der Waals surface area contributed by atoms with Gasteiger partial charge in [-0.25, -0.2) is 0 Å². The maximum Gasteiger partial charge on any atom is 0.0345 e. The van der Waals surface area contributed by atoms with Crippen molar-refractivity contribution in [2.24, 2.45) is 0 Å². The molecule has 1 aliphatic rings. The molecule has 0 aliphatic carbocycles. The minimum atomic E-state index is 0.365. The van der Waals surface area contributed by atoms with Gasteiger partial charge in [-0.15, -0.1) is 11.3 Å². The SMILES string of the molecule is CCC1(Cc2csc3ccccc23)CCCN1. The molecule has 90 valence electrons. The zero-order valence-electron chi connectivity index (χ0n) is 10.3. The Morgan fingerprint density at radius 1 is 1.35 bits per heavy atom. The van der Waals surface area contributed by atoms with E-state index in [1.165, 1.54) is 47.9 Å². The number of thiophene rings is 1. The summed E-state index contributed by atoms with van der Waals surface area (Å²) >= 11 is 1.88. The van der Waals surface area contributed by atoms with Crippen molar-refractivity contribution >= 4 is 21.4 Å². The van der Waals surface area contributed by atoms with Crippen molar-refractivity contribution in [3.8, 4) is 0 Å². The Bertz CT molecular complexity index is 508. The van der Waals surface area contributed by atoms with Crippen molar-refractivity contribution in [3.63, 3.8) is 0 Å². The van der Waals surface area contributed by atoms with Gasteiger partial charge in [0.05, 0.1) is 0 Å². The van der Waals surface area contributed by atoms with Gasteiger partial charge in [-0.2, -0.15) is 0 Å². The molecule has 2 heterocycles. The lowest BCUT2D eigenvalue weighted by Gasteiger charge is -2.28. The maximum absolute atomic E-state index is 3.73. The second kappa shape index (κ2) is 4.43. The average molecular weight is 245 g/mol. The van der Waals surface area contributed by atoms with E-state index in [1.54, 1.807) is 0 Å². The van der Waals surface area contributed by atoms with E-state index in [2.05, 4.69) is 41.9 Å². The van der Waals surface area contributed by atoms with Gasteiger partial charge in [0.25, 0.3) is 0 Å². The van der Waals surface area contributed by atoms with E-state index >= 15 is 0 Å². The maximum atomic E-state index is 3.73. The van der Waals surface area contributed by atoms with Gasteiger partial charge in [-0.05, 0) is 54.6 Å². The van der Waals surface area contributed by atoms with Gasteiger partial charge in [0.1, 0.15) is 0 Å². The molecule has 1 atom stereocenters. The Morgan fingerprint density at radius 3 is 3.00 bits per heavy atom. The van der Waals surface area contributed by atoms with Crippen molar-refractivity contribution in [3.05, 3.63) is 35.2 Å². The highest BCUT2D eigenvalue weighted by molar-refractivity contribution is 7.17. The van der Waals surface area contributed by atoms with Gasteiger partial charge in [-0.1, -0.05) is 25.1 Å². The molecule has 1 aromatic heterocycles. The fourth-order valence-corrected chi connectivity index (χ4v) is 3.94. The fraction of sp³-hybridized carbons (Fsp3) is 0.467. The van der Waals surface area contributed by atoms with Crippen molar-refractivity contribution in [1.82, 2.24) is 5.32 Å². The van der Waals surface area contributed by atoms with Gasteiger partial charge in [0.2, 0.25) is 0 Å². The quantitative estimate of drug-likeness (QED) is 0.862. The van der Waals surface area contributed by atoms with Gasteiger partial charge < -0.3 is 5.32 Å². The standard InChI is InChI=1S/C15H19NS/c1-2-15(8-5-9-16-15)10-12-11-17-14-7-4-3-6-13(12)14/h3-4,6-7,11,16H,2,5,8-10H2,1H3. The number of benzene rings is 1. The summed E-state index contributed by atoms with van der Waals surface area (Å²) in [6, 6.07) is 8.77. The number of fused-ring (bicyclic) bond motifs is 1. The summed E-state index contributed by atoms with van der Waals surface area (Å²) in [5.41, 5.74) is 1.89. The van der Waals surface area contributed by atoms with Gasteiger partial charge in [-0.3, -0.25) is 0 Å². The van der Waals surface area contributed by atoms with Crippen molar-refractivity contribution in [2.45, 2.75) is 38.1 Å². The number of hydrogen-bond donors (Lipinski definition) is 1. The first-order valence-corrected chi connectivity index (χ1v) is 7.41. The van der Waals surface area contributed by atoms with Crippen LogP contribution in [0.15, 0.2) is 29.6 Å². The third-order valence-electron chi connectivity index (χ3n) is 4.10. The molecule has 2 heteroatoms. The molecule has 1 aromatic carbocycles. The molecular formula is C15H19NS. The van der Waals surface area contributed by atoms with E-state index in [9.17, 15) is 0 Å². The minimum Gasteiger partial charge on any atom is -0.311 e. The molecule has 0 radical (unpaired) electrons. The molecule has 1 unspecified atom stereocenters. The van der Waals surface area contributed by atoms with Crippen LogP contribution >= 0.6 is 11.3 Å². The van der Waals surface area contributed by atoms with Gasteiger partial charge in [0, 0.05) is 10.2 Å². The molecule has 17 heavy (non-hydrogen) atoms. The van der Waals surface area contributed by atoms with E-state index in [0.29, 0.717) is 5.54 Å². The molecule has 3 rings (SSSR count). The van der Waals surface area contributed by atoms with Crippen LogP contribution in [0.3, 0.4) is 0 Å². The van der Waals surface area contributed by atoms with Crippen LogP contribution in [0.2, 0.25) is 0 Å². The van der Waals surface area contributed by atoms with Gasteiger partial charge in [0.15, 0.2) is 0 Å². The van der Waals surface area contributed by atoms with Crippen LogP contribution < -0.4 is 5.32 Å². The molecule has 0 bridgehead atoms. The average Bonchev–Trinajstić information content (AvgIpc) is 2.99. The molecule has 2 aromatic rings. The highest BCUT2D eigenvalue weighted by Crippen LogP contribution is 2.33. The van der Waals surface area contributed by atoms with Crippen molar-refractivity contribution in [1.29, 1.82) is 0 Å². The molecule has 1 aliphatic heterocycles. The van der Waals surface area contributed by atoms with E-state index in [-0.39, 0.29) is 0 Å². The normalized spacial score (nSPS) is 24.5. The van der Waals surface area contributed by atoms with E-state index < -0.39 is 0 Å². The molecular weight excluding hydrogens is 226 g/mol. The van der Waals surface area contributed by atoms with Crippen LogP contribution in [0.4, 0.5) is 0 Å². The first kappa shape index (κ1) is 11.2. The summed E-state index contributed by atoms with van der Waals surface area (Å²) < 4.78 is 1.42. The van der Waals surface area contributed by atoms with Crippen LogP contribution in [0.1, 0.15) is 31.7 Å². The summed E-state index contributed by atoms with van der Waals surface area (Å²) in [7, 11) is 0. The van der Waals surface area contributed by atoms with Crippen molar-refractivity contribution < 1.29 is 0 Å². The third kappa shape index (κ3) is 2.00. The smallest absolute Gasteiger partial charge is 0.0345 e. The fourth-order valence-electron chi connectivity index (χ4n) is 2.98. The van der Waals surface area contributed by atoms with Crippen molar-refractivity contribution in [2.75, 3.05) is 6.54 Å². The second-order valence-corrected chi connectivity index (χ2v) is 6.01. The monoisotopic (exact) mass is 245 g/mol. The lowest BCUT2D eigenvalue weighted by Crippen LogP contribution is -2.41. The Morgan fingerprint density at radius 2 is 2.24 bits per heavy atom. The first-order chi connectivity index (χ1) is 8.33. The molecule has 1 saturated heterocycles. The molecule has 0 spiro atoms. The lowest BCUT2D eigenvalue weighted by atomic mass is 9.87. The highest BCUT2D eigenvalue weighted by atomic mass is 32.1. The molecule has 1 N–H and O–H groups in total.